The van der Waals surface area contributed by atoms with Gasteiger partial charge >= 0.3 is 0 Å². The second-order valence-corrected chi connectivity index (χ2v) is 4.41. The quantitative estimate of drug-likeness (QED) is 0.649. The van der Waals surface area contributed by atoms with E-state index in [1.807, 2.05) is 7.11 Å². The molecule has 0 bridgehead atoms. The molecule has 1 aliphatic heterocycles. The van der Waals surface area contributed by atoms with Gasteiger partial charge in [-0.25, -0.2) is 0 Å². The lowest BCUT2D eigenvalue weighted by atomic mass is 9.92. The summed E-state index contributed by atoms with van der Waals surface area (Å²) in [7, 11) is 1.85. The molecule has 0 aromatic heterocycles. The van der Waals surface area contributed by atoms with Crippen LogP contribution in [-0.2, 0) is 4.74 Å². The fourth-order valence-corrected chi connectivity index (χ4v) is 2.75. The molecule has 0 aromatic rings. The first kappa shape index (κ1) is 9.47. The van der Waals surface area contributed by atoms with Gasteiger partial charge < -0.3 is 9.64 Å². The van der Waals surface area contributed by atoms with E-state index in [1.165, 1.54) is 51.6 Å². The Bertz CT molecular complexity index is 146. The third-order valence-corrected chi connectivity index (χ3v) is 3.63. The molecule has 76 valence electrons. The van der Waals surface area contributed by atoms with Gasteiger partial charge in [0.2, 0.25) is 0 Å². The molecule has 0 spiro atoms. The van der Waals surface area contributed by atoms with Crippen molar-refractivity contribution in [2.45, 2.75) is 50.7 Å². The van der Waals surface area contributed by atoms with Crippen molar-refractivity contribution in [1.29, 1.82) is 0 Å². The average Bonchev–Trinajstić information content (AvgIpc) is 2.71. The highest BCUT2D eigenvalue weighted by atomic mass is 16.5. The van der Waals surface area contributed by atoms with Crippen molar-refractivity contribution in [2.24, 2.45) is 0 Å². The summed E-state index contributed by atoms with van der Waals surface area (Å²) < 4.78 is 5.38. The third-order valence-electron chi connectivity index (χ3n) is 3.63. The van der Waals surface area contributed by atoms with Crippen LogP contribution in [-0.4, -0.2) is 37.2 Å². The zero-order valence-electron chi connectivity index (χ0n) is 8.67. The average molecular weight is 183 g/mol. The maximum atomic E-state index is 5.38. The molecule has 1 heterocycles. The molecule has 0 atom stereocenters. The molecule has 2 fully saturated rings. The number of hydrogen-bond acceptors (Lipinski definition) is 2. The highest BCUT2D eigenvalue weighted by molar-refractivity contribution is 4.82. The first-order chi connectivity index (χ1) is 6.40. The summed E-state index contributed by atoms with van der Waals surface area (Å²) in [6.45, 7) is 2.70. The van der Waals surface area contributed by atoms with Crippen LogP contribution in [0, 0.1) is 0 Å². The van der Waals surface area contributed by atoms with E-state index in [2.05, 4.69) is 4.90 Å². The molecule has 0 N–H and O–H groups in total. The van der Waals surface area contributed by atoms with Crippen LogP contribution < -0.4 is 0 Å². The van der Waals surface area contributed by atoms with Crippen LogP contribution in [0.25, 0.3) is 0 Å². The van der Waals surface area contributed by atoms with E-state index >= 15 is 0 Å². The fraction of sp³-hybridized carbons (Fsp3) is 1.00. The molecule has 2 nitrogen and oxygen atoms in total. The van der Waals surface area contributed by atoms with Gasteiger partial charge in [-0.1, -0.05) is 0 Å². The predicted octanol–water partition coefficient (Wildman–Crippen LogP) is 2.04. The molecule has 13 heavy (non-hydrogen) atoms. The molecule has 2 rings (SSSR count). The van der Waals surface area contributed by atoms with Crippen molar-refractivity contribution in [3.63, 3.8) is 0 Å². The molecule has 0 unspecified atom stereocenters. The standard InChI is InChI=1S/C11H21NO/c1-13-11-6-4-10(5-7-11)12-8-2-3-9-12/h10-11H,2-9H2,1H3. The summed E-state index contributed by atoms with van der Waals surface area (Å²) in [4.78, 5) is 2.69. The van der Waals surface area contributed by atoms with Crippen LogP contribution in [0.15, 0.2) is 0 Å². The van der Waals surface area contributed by atoms with Crippen molar-refractivity contribution >= 4 is 0 Å². The van der Waals surface area contributed by atoms with E-state index in [1.54, 1.807) is 0 Å². The molecular formula is C11H21NO. The van der Waals surface area contributed by atoms with Gasteiger partial charge in [0, 0.05) is 13.2 Å². The van der Waals surface area contributed by atoms with Crippen LogP contribution in [0.1, 0.15) is 38.5 Å². The smallest absolute Gasteiger partial charge is 0.0572 e. The Morgan fingerprint density at radius 3 is 2.15 bits per heavy atom. The highest BCUT2D eigenvalue weighted by Gasteiger charge is 2.26. The van der Waals surface area contributed by atoms with Crippen LogP contribution in [0.2, 0.25) is 0 Å². The van der Waals surface area contributed by atoms with E-state index in [4.69, 9.17) is 4.74 Å². The Morgan fingerprint density at radius 2 is 1.62 bits per heavy atom. The van der Waals surface area contributed by atoms with Gasteiger partial charge in [0.15, 0.2) is 0 Å². The van der Waals surface area contributed by atoms with Crippen molar-refractivity contribution in [3.8, 4) is 0 Å². The summed E-state index contributed by atoms with van der Waals surface area (Å²) in [6, 6.07) is 0.883. The second-order valence-electron chi connectivity index (χ2n) is 4.41. The number of nitrogens with zero attached hydrogens (tertiary/aromatic N) is 1. The van der Waals surface area contributed by atoms with E-state index in [-0.39, 0.29) is 0 Å². The maximum absolute atomic E-state index is 5.38. The first-order valence-electron chi connectivity index (χ1n) is 5.67. The third kappa shape index (κ3) is 2.23. The number of rotatable bonds is 2. The minimum Gasteiger partial charge on any atom is -0.381 e. The van der Waals surface area contributed by atoms with E-state index in [9.17, 15) is 0 Å². The van der Waals surface area contributed by atoms with Crippen LogP contribution in [0.5, 0.6) is 0 Å². The SMILES string of the molecule is COC1CCC(N2CCCC2)CC1. The Kier molecular flexibility index (Phi) is 3.23. The molecular weight excluding hydrogens is 162 g/mol. The van der Waals surface area contributed by atoms with Crippen LogP contribution in [0.3, 0.4) is 0 Å². The normalized spacial score (nSPS) is 36.7. The predicted molar refractivity (Wildman–Crippen MR) is 53.9 cm³/mol. The minimum atomic E-state index is 0.554. The number of methoxy groups -OCH3 is 1. The molecule has 0 amide bonds. The van der Waals surface area contributed by atoms with Crippen LogP contribution in [0.4, 0.5) is 0 Å². The Labute approximate surface area is 81.3 Å². The van der Waals surface area contributed by atoms with Gasteiger partial charge in [0.1, 0.15) is 0 Å². The lowest BCUT2D eigenvalue weighted by Gasteiger charge is -2.33. The van der Waals surface area contributed by atoms with E-state index < -0.39 is 0 Å². The van der Waals surface area contributed by atoms with Gasteiger partial charge in [0.25, 0.3) is 0 Å². The molecule has 2 heteroatoms. The zero-order chi connectivity index (χ0) is 9.10. The largest absolute Gasteiger partial charge is 0.381 e. The lowest BCUT2D eigenvalue weighted by molar-refractivity contribution is 0.0437. The van der Waals surface area contributed by atoms with Crippen molar-refractivity contribution < 1.29 is 4.74 Å². The van der Waals surface area contributed by atoms with Crippen molar-refractivity contribution in [1.82, 2.24) is 4.90 Å². The molecule has 0 aromatic carbocycles. The topological polar surface area (TPSA) is 12.5 Å². The van der Waals surface area contributed by atoms with E-state index in [0.717, 1.165) is 6.04 Å². The van der Waals surface area contributed by atoms with Gasteiger partial charge in [-0.3, -0.25) is 0 Å². The first-order valence-corrected chi connectivity index (χ1v) is 5.67. The minimum absolute atomic E-state index is 0.554. The van der Waals surface area contributed by atoms with Crippen molar-refractivity contribution in [3.05, 3.63) is 0 Å². The summed E-state index contributed by atoms with van der Waals surface area (Å²) in [6.07, 6.45) is 8.67. The summed E-state index contributed by atoms with van der Waals surface area (Å²) >= 11 is 0. The highest BCUT2D eigenvalue weighted by Crippen LogP contribution is 2.26. The second kappa shape index (κ2) is 4.43. The van der Waals surface area contributed by atoms with Gasteiger partial charge in [-0.2, -0.15) is 0 Å². The molecule has 0 radical (unpaired) electrons. The molecule has 1 saturated carbocycles. The molecule has 2 aliphatic rings. The maximum Gasteiger partial charge on any atom is 0.0572 e. The zero-order valence-corrected chi connectivity index (χ0v) is 8.67. The van der Waals surface area contributed by atoms with Gasteiger partial charge in [0.05, 0.1) is 6.10 Å². The summed E-state index contributed by atoms with van der Waals surface area (Å²) in [5.74, 6) is 0. The Morgan fingerprint density at radius 1 is 1.00 bits per heavy atom. The Balaban J connectivity index is 1.77. The lowest BCUT2D eigenvalue weighted by Crippen LogP contribution is -2.37. The summed E-state index contributed by atoms with van der Waals surface area (Å²) in [5.41, 5.74) is 0. The molecule has 1 saturated heterocycles. The number of ether oxygens (including phenoxy) is 1. The van der Waals surface area contributed by atoms with Crippen LogP contribution >= 0.6 is 0 Å². The van der Waals surface area contributed by atoms with Gasteiger partial charge in [-0.15, -0.1) is 0 Å². The Hall–Kier alpha value is -0.0800. The number of likely N-dealkylation sites (tertiary alicyclic amines) is 1. The summed E-state index contributed by atoms with van der Waals surface area (Å²) in [5, 5.41) is 0. The number of hydrogen-bond donors (Lipinski definition) is 0. The fourth-order valence-electron chi connectivity index (χ4n) is 2.75. The van der Waals surface area contributed by atoms with Crippen molar-refractivity contribution in [2.75, 3.05) is 20.2 Å². The van der Waals surface area contributed by atoms with E-state index in [0.29, 0.717) is 6.10 Å². The monoisotopic (exact) mass is 183 g/mol. The van der Waals surface area contributed by atoms with Gasteiger partial charge in [-0.05, 0) is 51.6 Å². The molecule has 1 aliphatic carbocycles.